The van der Waals surface area contributed by atoms with Gasteiger partial charge in [-0.1, -0.05) is 47.0 Å². The highest BCUT2D eigenvalue weighted by molar-refractivity contribution is 7.90. The fraction of sp³-hybridized carbons (Fsp3) is 0.200. The molecule has 5 heteroatoms. The summed E-state index contributed by atoms with van der Waals surface area (Å²) in [6.45, 7) is 3.73. The van der Waals surface area contributed by atoms with Crippen LogP contribution in [-0.2, 0) is 15.6 Å². The molecule has 0 aromatic heterocycles. The Bertz CT molecular complexity index is 752. The van der Waals surface area contributed by atoms with Crippen LogP contribution in [0.2, 0.25) is 10.0 Å². The van der Waals surface area contributed by atoms with E-state index in [1.807, 2.05) is 13.0 Å². The number of hydrogen-bond donors (Lipinski definition) is 0. The minimum absolute atomic E-state index is 0.132. The molecule has 0 amide bonds. The lowest BCUT2D eigenvalue weighted by molar-refractivity contribution is 0.594. The lowest BCUT2D eigenvalue weighted by atomic mass is 10.2. The summed E-state index contributed by atoms with van der Waals surface area (Å²) in [6.07, 6.45) is 0. The van der Waals surface area contributed by atoms with Crippen molar-refractivity contribution in [2.75, 3.05) is 0 Å². The first-order valence-electron chi connectivity index (χ1n) is 6.03. The summed E-state index contributed by atoms with van der Waals surface area (Å²) in [7, 11) is -3.42. The molecule has 0 N–H and O–H groups in total. The van der Waals surface area contributed by atoms with Crippen LogP contribution < -0.4 is 0 Å². The second kappa shape index (κ2) is 5.76. The minimum atomic E-state index is -3.42. The summed E-state index contributed by atoms with van der Waals surface area (Å²) in [6, 6.07) is 10.1. The van der Waals surface area contributed by atoms with Crippen LogP contribution in [0.4, 0.5) is 0 Å². The Morgan fingerprint density at radius 1 is 1.00 bits per heavy atom. The van der Waals surface area contributed by atoms with E-state index in [1.54, 1.807) is 37.3 Å². The van der Waals surface area contributed by atoms with Gasteiger partial charge in [0.2, 0.25) is 0 Å². The molecule has 0 heterocycles. The van der Waals surface area contributed by atoms with Gasteiger partial charge in [0.05, 0.1) is 10.6 Å². The number of halogens is 2. The monoisotopic (exact) mass is 328 g/mol. The summed E-state index contributed by atoms with van der Waals surface area (Å²) in [5.41, 5.74) is 2.33. The summed E-state index contributed by atoms with van der Waals surface area (Å²) >= 11 is 11.9. The van der Waals surface area contributed by atoms with Gasteiger partial charge in [-0.2, -0.15) is 0 Å². The predicted octanol–water partition coefficient (Wildman–Crippen LogP) is 4.58. The van der Waals surface area contributed by atoms with E-state index in [4.69, 9.17) is 23.2 Å². The molecule has 0 aliphatic carbocycles. The Morgan fingerprint density at radius 2 is 1.70 bits per heavy atom. The van der Waals surface area contributed by atoms with E-state index in [0.717, 1.165) is 11.1 Å². The van der Waals surface area contributed by atoms with Crippen molar-refractivity contribution in [3.63, 3.8) is 0 Å². The Labute approximate surface area is 129 Å². The normalized spacial score (nSPS) is 11.6. The summed E-state index contributed by atoms with van der Waals surface area (Å²) in [5.74, 6) is -0.132. The van der Waals surface area contributed by atoms with Gasteiger partial charge < -0.3 is 0 Å². The molecule has 2 aromatic carbocycles. The number of rotatable bonds is 3. The van der Waals surface area contributed by atoms with Gasteiger partial charge in [0.25, 0.3) is 0 Å². The quantitative estimate of drug-likeness (QED) is 0.826. The molecule has 20 heavy (non-hydrogen) atoms. The molecule has 0 unspecified atom stereocenters. The molecule has 0 saturated heterocycles. The largest absolute Gasteiger partial charge is 0.223 e. The maximum atomic E-state index is 12.5. The van der Waals surface area contributed by atoms with Gasteiger partial charge in [0, 0.05) is 10.0 Å². The molecule has 0 radical (unpaired) electrons. The van der Waals surface area contributed by atoms with Crippen molar-refractivity contribution < 1.29 is 8.42 Å². The lowest BCUT2D eigenvalue weighted by Gasteiger charge is -2.10. The van der Waals surface area contributed by atoms with Gasteiger partial charge in [-0.05, 0) is 43.2 Å². The minimum Gasteiger partial charge on any atom is -0.223 e. The standard InChI is InChI=1S/C15H14Cl2O2S/c1-10-3-6-15(11(2)7-10)20(18,19)9-12-4-5-13(16)8-14(12)17/h3-8H,9H2,1-2H3. The van der Waals surface area contributed by atoms with Crippen molar-refractivity contribution >= 4 is 33.0 Å². The van der Waals surface area contributed by atoms with Crippen LogP contribution in [-0.4, -0.2) is 8.42 Å². The molecule has 0 spiro atoms. The van der Waals surface area contributed by atoms with Gasteiger partial charge in [0.15, 0.2) is 9.84 Å². The van der Waals surface area contributed by atoms with Crippen molar-refractivity contribution in [2.24, 2.45) is 0 Å². The first kappa shape index (κ1) is 15.4. The van der Waals surface area contributed by atoms with E-state index in [2.05, 4.69) is 0 Å². The van der Waals surface area contributed by atoms with E-state index in [0.29, 0.717) is 20.5 Å². The van der Waals surface area contributed by atoms with E-state index in [1.165, 1.54) is 0 Å². The SMILES string of the molecule is Cc1ccc(S(=O)(=O)Cc2ccc(Cl)cc2Cl)c(C)c1. The zero-order valence-electron chi connectivity index (χ0n) is 11.2. The molecule has 0 atom stereocenters. The number of aryl methyl sites for hydroxylation is 2. The third-order valence-corrected chi connectivity index (χ3v) is 5.43. The molecule has 2 aromatic rings. The summed E-state index contributed by atoms with van der Waals surface area (Å²) < 4.78 is 25.0. The Kier molecular flexibility index (Phi) is 4.43. The molecular weight excluding hydrogens is 315 g/mol. The molecule has 2 nitrogen and oxygen atoms in total. The molecular formula is C15H14Cl2O2S. The summed E-state index contributed by atoms with van der Waals surface area (Å²) in [4.78, 5) is 0.342. The molecule has 0 saturated carbocycles. The molecule has 0 fully saturated rings. The van der Waals surface area contributed by atoms with Crippen LogP contribution in [0.5, 0.6) is 0 Å². The number of benzene rings is 2. The highest BCUT2D eigenvalue weighted by Gasteiger charge is 2.19. The molecule has 0 aliphatic heterocycles. The maximum absolute atomic E-state index is 12.5. The Balaban J connectivity index is 2.41. The third kappa shape index (κ3) is 3.35. The molecule has 2 rings (SSSR count). The van der Waals surface area contributed by atoms with Crippen molar-refractivity contribution in [1.29, 1.82) is 0 Å². The molecule has 0 aliphatic rings. The Hall–Kier alpha value is -1.03. The van der Waals surface area contributed by atoms with Crippen LogP contribution in [0.25, 0.3) is 0 Å². The van der Waals surface area contributed by atoms with Crippen molar-refractivity contribution in [1.82, 2.24) is 0 Å². The van der Waals surface area contributed by atoms with Crippen molar-refractivity contribution in [3.8, 4) is 0 Å². The Morgan fingerprint density at radius 3 is 2.30 bits per heavy atom. The van der Waals surface area contributed by atoms with Crippen molar-refractivity contribution in [2.45, 2.75) is 24.5 Å². The van der Waals surface area contributed by atoms with Gasteiger partial charge >= 0.3 is 0 Å². The van der Waals surface area contributed by atoms with Crippen molar-refractivity contribution in [3.05, 3.63) is 63.1 Å². The van der Waals surface area contributed by atoms with E-state index in [-0.39, 0.29) is 5.75 Å². The van der Waals surface area contributed by atoms with Crippen LogP contribution in [0.3, 0.4) is 0 Å². The van der Waals surface area contributed by atoms with Crippen LogP contribution >= 0.6 is 23.2 Å². The fourth-order valence-corrected chi connectivity index (χ4v) is 4.27. The average Bonchev–Trinajstić information content (AvgIpc) is 2.32. The van der Waals surface area contributed by atoms with E-state index < -0.39 is 9.84 Å². The second-order valence-electron chi connectivity index (χ2n) is 4.76. The fourth-order valence-electron chi connectivity index (χ4n) is 2.07. The van der Waals surface area contributed by atoms with Gasteiger partial charge in [-0.25, -0.2) is 8.42 Å². The predicted molar refractivity (Wildman–Crippen MR) is 83.3 cm³/mol. The second-order valence-corrected chi connectivity index (χ2v) is 7.57. The maximum Gasteiger partial charge on any atom is 0.182 e. The topological polar surface area (TPSA) is 34.1 Å². The first-order valence-corrected chi connectivity index (χ1v) is 8.44. The average molecular weight is 329 g/mol. The smallest absolute Gasteiger partial charge is 0.182 e. The number of hydrogen-bond acceptors (Lipinski definition) is 2. The lowest BCUT2D eigenvalue weighted by Crippen LogP contribution is -2.07. The zero-order valence-corrected chi connectivity index (χ0v) is 13.5. The van der Waals surface area contributed by atoms with Crippen LogP contribution in [0, 0.1) is 13.8 Å². The molecule has 0 bridgehead atoms. The van der Waals surface area contributed by atoms with Gasteiger partial charge in [-0.3, -0.25) is 0 Å². The van der Waals surface area contributed by atoms with Crippen LogP contribution in [0.1, 0.15) is 16.7 Å². The third-order valence-electron chi connectivity index (χ3n) is 3.03. The highest BCUT2D eigenvalue weighted by Crippen LogP contribution is 2.26. The zero-order chi connectivity index (χ0) is 14.9. The van der Waals surface area contributed by atoms with E-state index >= 15 is 0 Å². The van der Waals surface area contributed by atoms with Gasteiger partial charge in [-0.15, -0.1) is 0 Å². The molecule has 106 valence electrons. The number of sulfone groups is 1. The first-order chi connectivity index (χ1) is 9.29. The van der Waals surface area contributed by atoms with Crippen LogP contribution in [0.15, 0.2) is 41.3 Å². The highest BCUT2D eigenvalue weighted by atomic mass is 35.5. The summed E-state index contributed by atoms with van der Waals surface area (Å²) in [5, 5.41) is 0.855. The van der Waals surface area contributed by atoms with Gasteiger partial charge in [0.1, 0.15) is 0 Å². The van der Waals surface area contributed by atoms with E-state index in [9.17, 15) is 8.42 Å².